The topological polar surface area (TPSA) is 37.4 Å². The van der Waals surface area contributed by atoms with Crippen LogP contribution in [0.1, 0.15) is 33.2 Å². The molecular weight excluding hydrogens is 178 g/mol. The van der Waals surface area contributed by atoms with Crippen LogP contribution in [0.4, 0.5) is 0 Å². The number of nitrogens with zero attached hydrogens (tertiary/aromatic N) is 1. The number of carbonyl (C=O) groups excluding carboxylic acids is 2. The van der Waals surface area contributed by atoms with E-state index in [1.54, 1.807) is 19.1 Å². The van der Waals surface area contributed by atoms with Crippen molar-refractivity contribution in [3.8, 4) is 0 Å². The van der Waals surface area contributed by atoms with Gasteiger partial charge in [0.1, 0.15) is 0 Å². The van der Waals surface area contributed by atoms with Crippen LogP contribution < -0.4 is 0 Å². The van der Waals surface area contributed by atoms with Crippen LogP contribution in [0.2, 0.25) is 0 Å². The van der Waals surface area contributed by atoms with E-state index in [4.69, 9.17) is 0 Å². The highest BCUT2D eigenvalue weighted by Crippen LogP contribution is 2.23. The molecule has 1 aliphatic heterocycles. The van der Waals surface area contributed by atoms with Gasteiger partial charge in [0.15, 0.2) is 0 Å². The normalized spacial score (nSPS) is 14.9. The van der Waals surface area contributed by atoms with Crippen LogP contribution >= 0.6 is 0 Å². The zero-order chi connectivity index (χ0) is 10.3. The van der Waals surface area contributed by atoms with E-state index in [0.29, 0.717) is 17.7 Å². The number of amides is 2. The Kier molecular flexibility index (Phi) is 1.88. The third-order valence-electron chi connectivity index (χ3n) is 2.44. The number of hydrogen-bond acceptors (Lipinski definition) is 2. The predicted molar refractivity (Wildman–Crippen MR) is 52.2 cm³/mol. The number of rotatable bonds is 1. The third-order valence-corrected chi connectivity index (χ3v) is 2.44. The molecule has 14 heavy (non-hydrogen) atoms. The average Bonchev–Trinajstić information content (AvgIpc) is 2.39. The second kappa shape index (κ2) is 2.94. The quantitative estimate of drug-likeness (QED) is 0.629. The van der Waals surface area contributed by atoms with Crippen LogP contribution in [0.3, 0.4) is 0 Å². The molecule has 1 heterocycles. The first-order chi connectivity index (χ1) is 6.65. The molecule has 1 aromatic rings. The molecule has 72 valence electrons. The first kappa shape index (κ1) is 8.94. The van der Waals surface area contributed by atoms with Gasteiger partial charge in [0.2, 0.25) is 0 Å². The van der Waals surface area contributed by atoms with Crippen molar-refractivity contribution in [1.82, 2.24) is 4.90 Å². The first-order valence-corrected chi connectivity index (χ1v) is 4.62. The van der Waals surface area contributed by atoms with Gasteiger partial charge >= 0.3 is 0 Å². The van der Waals surface area contributed by atoms with Crippen molar-refractivity contribution < 1.29 is 9.59 Å². The molecule has 3 nitrogen and oxygen atoms in total. The Bertz CT molecular complexity index is 423. The molecule has 0 fully saturated rings. The fraction of sp³-hybridized carbons (Fsp3) is 0.273. The van der Waals surface area contributed by atoms with Crippen LogP contribution in [-0.4, -0.2) is 23.3 Å². The van der Waals surface area contributed by atoms with E-state index >= 15 is 0 Å². The monoisotopic (exact) mass is 189 g/mol. The molecular formula is C11H11NO2. The Balaban J connectivity index is 2.58. The fourth-order valence-electron chi connectivity index (χ4n) is 1.69. The van der Waals surface area contributed by atoms with Crippen LogP contribution in [0.5, 0.6) is 0 Å². The zero-order valence-corrected chi connectivity index (χ0v) is 8.20. The first-order valence-electron chi connectivity index (χ1n) is 4.62. The van der Waals surface area contributed by atoms with Crippen molar-refractivity contribution in [2.45, 2.75) is 13.8 Å². The minimum absolute atomic E-state index is 0.170. The molecule has 0 aliphatic carbocycles. The van der Waals surface area contributed by atoms with E-state index in [2.05, 4.69) is 0 Å². The predicted octanol–water partition coefficient (Wildman–Crippen LogP) is 1.61. The lowest BCUT2D eigenvalue weighted by Crippen LogP contribution is -2.29. The van der Waals surface area contributed by atoms with Gasteiger partial charge in [0, 0.05) is 6.54 Å². The Morgan fingerprint density at radius 3 is 2.43 bits per heavy atom. The molecule has 0 spiro atoms. The lowest BCUT2D eigenvalue weighted by Gasteiger charge is -2.08. The minimum atomic E-state index is -0.174. The summed E-state index contributed by atoms with van der Waals surface area (Å²) in [6.07, 6.45) is 0. The number of fused-ring (bicyclic) bond motifs is 1. The molecule has 3 heteroatoms. The molecule has 1 aliphatic rings. The van der Waals surface area contributed by atoms with Gasteiger partial charge in [0.05, 0.1) is 11.1 Å². The van der Waals surface area contributed by atoms with Gasteiger partial charge < -0.3 is 0 Å². The van der Waals surface area contributed by atoms with Crippen molar-refractivity contribution in [1.29, 1.82) is 0 Å². The van der Waals surface area contributed by atoms with E-state index in [9.17, 15) is 9.59 Å². The molecule has 0 atom stereocenters. The number of benzene rings is 1. The van der Waals surface area contributed by atoms with Crippen molar-refractivity contribution in [2.75, 3.05) is 6.54 Å². The largest absolute Gasteiger partial charge is 0.275 e. The molecule has 0 N–H and O–H groups in total. The summed E-state index contributed by atoms with van der Waals surface area (Å²) in [4.78, 5) is 24.6. The van der Waals surface area contributed by atoms with Crippen LogP contribution in [-0.2, 0) is 0 Å². The number of hydrogen-bond donors (Lipinski definition) is 0. The van der Waals surface area contributed by atoms with Crippen LogP contribution in [0.25, 0.3) is 0 Å². The molecule has 0 bridgehead atoms. The summed E-state index contributed by atoms with van der Waals surface area (Å²) in [5, 5.41) is 0. The Hall–Kier alpha value is -1.64. The summed E-state index contributed by atoms with van der Waals surface area (Å²) in [5.74, 6) is -0.344. The fourth-order valence-corrected chi connectivity index (χ4v) is 1.69. The number of imide groups is 1. The van der Waals surface area contributed by atoms with Gasteiger partial charge in [0.25, 0.3) is 11.8 Å². The van der Waals surface area contributed by atoms with Gasteiger partial charge in [-0.05, 0) is 26.0 Å². The maximum Gasteiger partial charge on any atom is 0.261 e. The summed E-state index contributed by atoms with van der Waals surface area (Å²) in [6, 6.07) is 5.34. The van der Waals surface area contributed by atoms with Gasteiger partial charge in [-0.3, -0.25) is 14.5 Å². The lowest BCUT2D eigenvalue weighted by molar-refractivity contribution is 0.0663. The highest BCUT2D eigenvalue weighted by Gasteiger charge is 2.33. The van der Waals surface area contributed by atoms with Crippen molar-refractivity contribution in [3.63, 3.8) is 0 Å². The maximum absolute atomic E-state index is 11.7. The average molecular weight is 189 g/mol. The second-order valence-corrected chi connectivity index (χ2v) is 3.40. The number of aryl methyl sites for hydroxylation is 1. The summed E-state index contributed by atoms with van der Waals surface area (Å²) in [7, 11) is 0. The van der Waals surface area contributed by atoms with Gasteiger partial charge in [-0.1, -0.05) is 11.6 Å². The van der Waals surface area contributed by atoms with E-state index in [1.165, 1.54) is 4.90 Å². The Labute approximate surface area is 82.3 Å². The lowest BCUT2D eigenvalue weighted by atomic mass is 10.1. The van der Waals surface area contributed by atoms with E-state index in [0.717, 1.165) is 5.56 Å². The second-order valence-electron chi connectivity index (χ2n) is 3.40. The standard InChI is InChI=1S/C11H11NO2/c1-3-12-10(13)8-5-4-7(2)6-9(8)11(12)14/h4-6H,3H2,1-2H3. The molecule has 0 saturated heterocycles. The summed E-state index contributed by atoms with van der Waals surface area (Å²) < 4.78 is 0. The molecule has 0 saturated carbocycles. The van der Waals surface area contributed by atoms with Crippen molar-refractivity contribution >= 4 is 11.8 Å². The molecule has 0 unspecified atom stereocenters. The highest BCUT2D eigenvalue weighted by molar-refractivity contribution is 6.21. The van der Waals surface area contributed by atoms with Gasteiger partial charge in [-0.2, -0.15) is 0 Å². The van der Waals surface area contributed by atoms with Crippen molar-refractivity contribution in [3.05, 3.63) is 34.9 Å². The molecule has 1 aromatic carbocycles. The molecule has 2 rings (SSSR count). The number of carbonyl (C=O) groups is 2. The third kappa shape index (κ3) is 1.05. The van der Waals surface area contributed by atoms with E-state index in [-0.39, 0.29) is 11.8 Å². The minimum Gasteiger partial charge on any atom is -0.275 e. The van der Waals surface area contributed by atoms with Gasteiger partial charge in [-0.15, -0.1) is 0 Å². The summed E-state index contributed by atoms with van der Waals surface area (Å²) in [5.41, 5.74) is 2.07. The van der Waals surface area contributed by atoms with E-state index < -0.39 is 0 Å². The smallest absolute Gasteiger partial charge is 0.261 e. The summed E-state index contributed by atoms with van der Waals surface area (Å²) >= 11 is 0. The Morgan fingerprint density at radius 2 is 1.79 bits per heavy atom. The van der Waals surface area contributed by atoms with E-state index in [1.807, 2.05) is 13.0 Å². The van der Waals surface area contributed by atoms with Crippen molar-refractivity contribution in [2.24, 2.45) is 0 Å². The molecule has 0 radical (unpaired) electrons. The summed E-state index contributed by atoms with van der Waals surface area (Å²) in [6.45, 7) is 4.15. The van der Waals surface area contributed by atoms with Crippen LogP contribution in [0, 0.1) is 6.92 Å². The zero-order valence-electron chi connectivity index (χ0n) is 8.20. The molecule has 0 aromatic heterocycles. The van der Waals surface area contributed by atoms with Crippen LogP contribution in [0.15, 0.2) is 18.2 Å². The van der Waals surface area contributed by atoms with Gasteiger partial charge in [-0.25, -0.2) is 0 Å². The molecule has 2 amide bonds. The maximum atomic E-state index is 11.7. The SMILES string of the molecule is CCN1C(=O)c2ccc(C)cc2C1=O. The highest BCUT2D eigenvalue weighted by atomic mass is 16.2. The Morgan fingerprint density at radius 1 is 1.14 bits per heavy atom.